The first kappa shape index (κ1) is 18.9. The van der Waals surface area contributed by atoms with Gasteiger partial charge in [-0.15, -0.1) is 0 Å². The molecule has 5 rings (SSSR count). The minimum absolute atomic E-state index is 0.0271. The van der Waals surface area contributed by atoms with Crippen LogP contribution in [0.2, 0.25) is 0 Å². The molecule has 0 saturated heterocycles. The second-order valence-electron chi connectivity index (χ2n) is 9.35. The zero-order valence-electron chi connectivity index (χ0n) is 18.5. The van der Waals surface area contributed by atoms with Crippen LogP contribution in [0.25, 0.3) is 33.4 Å². The van der Waals surface area contributed by atoms with Gasteiger partial charge in [0.15, 0.2) is 0 Å². The molecular weight excluding hydrogens is 360 g/mol. The highest BCUT2D eigenvalue weighted by Crippen LogP contribution is 2.52. The predicted molar refractivity (Wildman–Crippen MR) is 129 cm³/mol. The molecule has 0 N–H and O–H groups in total. The summed E-state index contributed by atoms with van der Waals surface area (Å²) in [7, 11) is 0. The zero-order chi connectivity index (χ0) is 21.0. The molecule has 1 aliphatic carbocycles. The van der Waals surface area contributed by atoms with Crippen molar-refractivity contribution in [1.82, 2.24) is 0 Å². The molecule has 0 unspecified atom stereocenters. The number of aryl methyl sites for hydroxylation is 3. The highest BCUT2D eigenvalue weighted by Gasteiger charge is 2.37. The summed E-state index contributed by atoms with van der Waals surface area (Å²) in [5.74, 6) is 0. The molecular formula is C30H28. The number of hydrogen-bond donors (Lipinski definition) is 0. The van der Waals surface area contributed by atoms with Crippen LogP contribution >= 0.6 is 0 Å². The van der Waals surface area contributed by atoms with Crippen LogP contribution in [0.15, 0.2) is 78.9 Å². The van der Waals surface area contributed by atoms with E-state index in [-0.39, 0.29) is 5.41 Å². The molecule has 0 heterocycles. The maximum atomic E-state index is 2.38. The van der Waals surface area contributed by atoms with Crippen LogP contribution in [0.3, 0.4) is 0 Å². The lowest BCUT2D eigenvalue weighted by Gasteiger charge is -2.22. The van der Waals surface area contributed by atoms with Crippen molar-refractivity contribution in [3.63, 3.8) is 0 Å². The Balaban J connectivity index is 1.67. The van der Waals surface area contributed by atoms with Crippen molar-refractivity contribution in [3.05, 3.63) is 107 Å². The smallest absolute Gasteiger partial charge is 0.0159 e. The molecule has 30 heavy (non-hydrogen) atoms. The van der Waals surface area contributed by atoms with Crippen LogP contribution in [0, 0.1) is 20.8 Å². The van der Waals surface area contributed by atoms with Crippen LogP contribution in [0.4, 0.5) is 0 Å². The Hall–Kier alpha value is -3.12. The van der Waals surface area contributed by atoms with Gasteiger partial charge in [-0.1, -0.05) is 109 Å². The van der Waals surface area contributed by atoms with Gasteiger partial charge in [-0.2, -0.15) is 0 Å². The highest BCUT2D eigenvalue weighted by molar-refractivity contribution is 5.93. The fourth-order valence-electron chi connectivity index (χ4n) is 4.92. The molecule has 0 bridgehead atoms. The van der Waals surface area contributed by atoms with Gasteiger partial charge in [0.05, 0.1) is 0 Å². The van der Waals surface area contributed by atoms with Crippen molar-refractivity contribution >= 4 is 0 Å². The molecule has 0 nitrogen and oxygen atoms in total. The Kier molecular flexibility index (Phi) is 4.22. The molecule has 1 aliphatic rings. The van der Waals surface area contributed by atoms with Gasteiger partial charge in [-0.25, -0.2) is 0 Å². The van der Waals surface area contributed by atoms with Crippen molar-refractivity contribution in [3.8, 4) is 33.4 Å². The van der Waals surface area contributed by atoms with Gasteiger partial charge >= 0.3 is 0 Å². The Morgan fingerprint density at radius 1 is 0.467 bits per heavy atom. The molecule has 0 aromatic heterocycles. The highest BCUT2D eigenvalue weighted by atomic mass is 14.4. The summed E-state index contributed by atoms with van der Waals surface area (Å²) in [5.41, 5.74) is 14.8. The molecule has 148 valence electrons. The van der Waals surface area contributed by atoms with E-state index >= 15 is 0 Å². The summed E-state index contributed by atoms with van der Waals surface area (Å²) in [5, 5.41) is 0. The Morgan fingerprint density at radius 2 is 1.00 bits per heavy atom. The van der Waals surface area contributed by atoms with E-state index in [1.54, 1.807) is 0 Å². The van der Waals surface area contributed by atoms with E-state index in [1.165, 1.54) is 61.2 Å². The van der Waals surface area contributed by atoms with E-state index in [4.69, 9.17) is 0 Å². The average Bonchev–Trinajstić information content (AvgIpc) is 2.95. The maximum absolute atomic E-state index is 2.38. The van der Waals surface area contributed by atoms with Crippen molar-refractivity contribution in [2.45, 2.75) is 40.0 Å². The van der Waals surface area contributed by atoms with E-state index in [9.17, 15) is 0 Å². The van der Waals surface area contributed by atoms with Crippen LogP contribution < -0.4 is 0 Å². The SMILES string of the molecule is Cc1ccc(-c2ccc(-c3cc(C)cc4c3-c3ccc(C)cc3C4(C)C)cc2)cc1. The molecule has 4 aromatic carbocycles. The molecule has 0 atom stereocenters. The first-order valence-corrected chi connectivity index (χ1v) is 10.8. The van der Waals surface area contributed by atoms with Gasteiger partial charge in [0.2, 0.25) is 0 Å². The quantitative estimate of drug-likeness (QED) is 0.324. The molecule has 0 heteroatoms. The van der Waals surface area contributed by atoms with E-state index in [2.05, 4.69) is 113 Å². The van der Waals surface area contributed by atoms with E-state index in [1.807, 2.05) is 0 Å². The van der Waals surface area contributed by atoms with Gasteiger partial charge in [0, 0.05) is 5.41 Å². The van der Waals surface area contributed by atoms with E-state index < -0.39 is 0 Å². The van der Waals surface area contributed by atoms with E-state index in [0.717, 1.165) is 0 Å². The third-order valence-electron chi connectivity index (χ3n) is 6.65. The first-order chi connectivity index (χ1) is 14.3. The summed E-state index contributed by atoms with van der Waals surface area (Å²) in [6.07, 6.45) is 0. The molecule has 0 aliphatic heterocycles. The van der Waals surface area contributed by atoms with Gasteiger partial charge in [-0.05, 0) is 65.3 Å². The Morgan fingerprint density at radius 3 is 1.67 bits per heavy atom. The van der Waals surface area contributed by atoms with Crippen molar-refractivity contribution in [1.29, 1.82) is 0 Å². The van der Waals surface area contributed by atoms with E-state index in [0.29, 0.717) is 0 Å². The van der Waals surface area contributed by atoms with Crippen LogP contribution in [0.5, 0.6) is 0 Å². The van der Waals surface area contributed by atoms with Crippen molar-refractivity contribution < 1.29 is 0 Å². The summed E-state index contributed by atoms with van der Waals surface area (Å²) in [6, 6.07) is 29.5. The number of benzene rings is 4. The minimum atomic E-state index is 0.0271. The van der Waals surface area contributed by atoms with Crippen molar-refractivity contribution in [2.75, 3.05) is 0 Å². The van der Waals surface area contributed by atoms with Gasteiger partial charge < -0.3 is 0 Å². The third-order valence-corrected chi connectivity index (χ3v) is 6.65. The summed E-state index contributed by atoms with van der Waals surface area (Å²) in [6.45, 7) is 11.3. The monoisotopic (exact) mass is 388 g/mol. The summed E-state index contributed by atoms with van der Waals surface area (Å²) in [4.78, 5) is 0. The lowest BCUT2D eigenvalue weighted by Crippen LogP contribution is -2.15. The number of rotatable bonds is 2. The number of fused-ring (bicyclic) bond motifs is 3. The number of hydrogen-bond acceptors (Lipinski definition) is 0. The summed E-state index contributed by atoms with van der Waals surface area (Å²) < 4.78 is 0. The third kappa shape index (κ3) is 2.91. The predicted octanol–water partition coefficient (Wildman–Crippen LogP) is 8.25. The molecule has 4 aromatic rings. The van der Waals surface area contributed by atoms with Gasteiger partial charge in [0.25, 0.3) is 0 Å². The minimum Gasteiger partial charge on any atom is -0.0587 e. The fourth-order valence-corrected chi connectivity index (χ4v) is 4.92. The largest absolute Gasteiger partial charge is 0.0587 e. The van der Waals surface area contributed by atoms with Crippen LogP contribution in [-0.2, 0) is 5.41 Å². The molecule has 0 spiro atoms. The lowest BCUT2D eigenvalue weighted by molar-refractivity contribution is 0.659. The topological polar surface area (TPSA) is 0 Å². The second-order valence-corrected chi connectivity index (χ2v) is 9.35. The average molecular weight is 389 g/mol. The Bertz CT molecular complexity index is 1250. The standard InChI is InChI=1S/C30H28/c1-19-6-9-22(10-7-19)23-11-13-24(14-12-23)26-16-21(3)18-28-29(26)25-15-8-20(2)17-27(25)30(28,4)5/h6-18H,1-5H3. The maximum Gasteiger partial charge on any atom is 0.0159 e. The zero-order valence-corrected chi connectivity index (χ0v) is 18.5. The Labute approximate surface area is 180 Å². The second kappa shape index (κ2) is 6.71. The summed E-state index contributed by atoms with van der Waals surface area (Å²) >= 11 is 0. The fraction of sp³-hybridized carbons (Fsp3) is 0.200. The molecule has 0 fully saturated rings. The van der Waals surface area contributed by atoms with Crippen molar-refractivity contribution in [2.24, 2.45) is 0 Å². The molecule has 0 radical (unpaired) electrons. The van der Waals surface area contributed by atoms with Crippen LogP contribution in [0.1, 0.15) is 41.7 Å². The normalized spacial score (nSPS) is 13.8. The molecule has 0 saturated carbocycles. The molecule has 0 amide bonds. The van der Waals surface area contributed by atoms with Crippen LogP contribution in [-0.4, -0.2) is 0 Å². The first-order valence-electron chi connectivity index (χ1n) is 10.8. The van der Waals surface area contributed by atoms with Gasteiger partial charge in [0.1, 0.15) is 0 Å². The lowest BCUT2D eigenvalue weighted by atomic mass is 9.81. The van der Waals surface area contributed by atoms with Gasteiger partial charge in [-0.3, -0.25) is 0 Å².